The van der Waals surface area contributed by atoms with Gasteiger partial charge in [0.25, 0.3) is 0 Å². The summed E-state index contributed by atoms with van der Waals surface area (Å²) in [4.78, 5) is 0. The number of hydrogen-bond acceptors (Lipinski definition) is 2. The second-order valence-electron chi connectivity index (χ2n) is 4.06. The van der Waals surface area contributed by atoms with Crippen molar-refractivity contribution in [2.45, 2.75) is 39.2 Å². The molecule has 0 radical (unpaired) electrons. The zero-order valence-electron chi connectivity index (χ0n) is 10.00. The smallest absolute Gasteiger partial charge is 0.135 e. The van der Waals surface area contributed by atoms with Gasteiger partial charge in [0.05, 0.1) is 10.1 Å². The van der Waals surface area contributed by atoms with Crippen molar-refractivity contribution >= 4 is 15.9 Å². The van der Waals surface area contributed by atoms with Gasteiger partial charge in [-0.1, -0.05) is 26.0 Å². The van der Waals surface area contributed by atoms with Crippen molar-refractivity contribution in [2.24, 2.45) is 5.92 Å². The van der Waals surface area contributed by atoms with Crippen LogP contribution in [0.4, 0.5) is 0 Å². The van der Waals surface area contributed by atoms with E-state index in [1.54, 1.807) is 19.1 Å². The molecule has 2 rings (SSSR count). The molecule has 16 heavy (non-hydrogen) atoms. The third kappa shape index (κ3) is 2.58. The van der Waals surface area contributed by atoms with Gasteiger partial charge in [0.15, 0.2) is 0 Å². The molecule has 2 N–H and O–H groups in total. The summed E-state index contributed by atoms with van der Waals surface area (Å²) < 4.78 is 0.635. The fourth-order valence-corrected chi connectivity index (χ4v) is 2.16. The van der Waals surface area contributed by atoms with Gasteiger partial charge >= 0.3 is 0 Å². The first-order valence-corrected chi connectivity index (χ1v) is 6.53. The minimum absolute atomic E-state index is 0.157. The largest absolute Gasteiger partial charge is 0.506 e. The summed E-state index contributed by atoms with van der Waals surface area (Å²) in [7, 11) is 0. The highest BCUT2D eigenvalue weighted by atomic mass is 79.9. The van der Waals surface area contributed by atoms with Crippen LogP contribution in [0.1, 0.15) is 39.2 Å². The highest BCUT2D eigenvalue weighted by molar-refractivity contribution is 9.10. The van der Waals surface area contributed by atoms with Gasteiger partial charge in [0.2, 0.25) is 0 Å². The van der Waals surface area contributed by atoms with Crippen LogP contribution >= 0.6 is 15.9 Å². The molecule has 0 amide bonds. The third-order valence-corrected chi connectivity index (χ3v) is 3.54. The summed E-state index contributed by atoms with van der Waals surface area (Å²) in [6, 6.07) is 5.37. The van der Waals surface area contributed by atoms with Gasteiger partial charge < -0.3 is 10.2 Å². The molecular formula is C13H19BrO2. The lowest BCUT2D eigenvalue weighted by atomic mass is 9.90. The maximum absolute atomic E-state index is 10.2. The molecule has 1 aromatic carbocycles. The lowest BCUT2D eigenvalue weighted by molar-refractivity contribution is 0.0307. The van der Waals surface area contributed by atoms with Gasteiger partial charge in [-0.3, -0.25) is 0 Å². The summed E-state index contributed by atoms with van der Waals surface area (Å²) >= 11 is 3.25. The first-order valence-electron chi connectivity index (χ1n) is 5.74. The molecule has 1 atom stereocenters. The van der Waals surface area contributed by atoms with Crippen LogP contribution in [0.2, 0.25) is 0 Å². The maximum atomic E-state index is 10.2. The Morgan fingerprint density at radius 2 is 1.88 bits per heavy atom. The van der Waals surface area contributed by atoms with E-state index < -0.39 is 5.60 Å². The first-order chi connectivity index (χ1) is 7.53. The SMILES string of the molecule is CC.CC(O)(c1cccc(Br)c1O)C1CC1. The number of phenolic OH excluding ortho intramolecular Hbond substituents is 1. The van der Waals surface area contributed by atoms with Crippen LogP contribution in [0.15, 0.2) is 22.7 Å². The van der Waals surface area contributed by atoms with Crippen molar-refractivity contribution in [2.75, 3.05) is 0 Å². The molecule has 0 saturated heterocycles. The Labute approximate surface area is 105 Å². The van der Waals surface area contributed by atoms with Crippen molar-refractivity contribution in [3.05, 3.63) is 28.2 Å². The highest BCUT2D eigenvalue weighted by Crippen LogP contribution is 2.48. The number of benzene rings is 1. The van der Waals surface area contributed by atoms with Gasteiger partial charge in [0.1, 0.15) is 5.75 Å². The second kappa shape index (κ2) is 5.19. The lowest BCUT2D eigenvalue weighted by Crippen LogP contribution is -2.23. The van der Waals surface area contributed by atoms with E-state index >= 15 is 0 Å². The topological polar surface area (TPSA) is 40.5 Å². The molecule has 2 nitrogen and oxygen atoms in total. The molecule has 0 aliphatic heterocycles. The van der Waals surface area contributed by atoms with Crippen LogP contribution in [-0.4, -0.2) is 10.2 Å². The zero-order valence-corrected chi connectivity index (χ0v) is 11.6. The minimum atomic E-state index is -0.895. The van der Waals surface area contributed by atoms with E-state index in [1.807, 2.05) is 19.9 Å². The van der Waals surface area contributed by atoms with Gasteiger partial charge in [-0.15, -0.1) is 0 Å². The molecule has 0 spiro atoms. The van der Waals surface area contributed by atoms with Crippen LogP contribution in [0.25, 0.3) is 0 Å². The van der Waals surface area contributed by atoms with Gasteiger partial charge in [-0.25, -0.2) is 0 Å². The van der Waals surface area contributed by atoms with E-state index in [9.17, 15) is 10.2 Å². The van der Waals surface area contributed by atoms with Gasteiger partial charge in [-0.2, -0.15) is 0 Å². The van der Waals surface area contributed by atoms with Crippen LogP contribution in [0, 0.1) is 5.92 Å². The predicted molar refractivity (Wildman–Crippen MR) is 69.4 cm³/mol. The van der Waals surface area contributed by atoms with E-state index in [4.69, 9.17) is 0 Å². The van der Waals surface area contributed by atoms with Gasteiger partial charge in [-0.05, 0) is 47.7 Å². The van der Waals surface area contributed by atoms with E-state index in [2.05, 4.69) is 15.9 Å². The van der Waals surface area contributed by atoms with Crippen LogP contribution in [-0.2, 0) is 5.60 Å². The Kier molecular flexibility index (Phi) is 4.39. The standard InChI is InChI=1S/C11H13BrO2.C2H6/c1-11(14,7-5-6-7)8-3-2-4-9(12)10(8)13;1-2/h2-4,7,13-14H,5-6H2,1H3;1-2H3. The molecule has 1 fully saturated rings. The summed E-state index contributed by atoms with van der Waals surface area (Å²) in [5, 5.41) is 20.1. The molecule has 0 aromatic heterocycles. The molecule has 1 aliphatic rings. The van der Waals surface area contributed by atoms with Crippen molar-refractivity contribution in [3.63, 3.8) is 0 Å². The summed E-state index contributed by atoms with van der Waals surface area (Å²) in [6.45, 7) is 5.77. The minimum Gasteiger partial charge on any atom is -0.506 e. The van der Waals surface area contributed by atoms with Crippen molar-refractivity contribution in [1.29, 1.82) is 0 Å². The van der Waals surface area contributed by atoms with Crippen LogP contribution in [0.5, 0.6) is 5.75 Å². The summed E-state index contributed by atoms with van der Waals surface area (Å²) in [6.07, 6.45) is 2.08. The Hall–Kier alpha value is -0.540. The molecular weight excluding hydrogens is 268 g/mol. The molecule has 1 aliphatic carbocycles. The number of phenols is 1. The molecule has 1 saturated carbocycles. The number of hydrogen-bond donors (Lipinski definition) is 2. The fourth-order valence-electron chi connectivity index (χ4n) is 1.79. The normalized spacial score (nSPS) is 18.3. The predicted octanol–water partition coefficient (Wildman–Crippen LogP) is 3.80. The average molecular weight is 287 g/mol. The quantitative estimate of drug-likeness (QED) is 0.868. The third-order valence-electron chi connectivity index (χ3n) is 2.90. The van der Waals surface area contributed by atoms with E-state index in [0.717, 1.165) is 12.8 Å². The Morgan fingerprint density at radius 3 is 2.38 bits per heavy atom. The number of halogens is 1. The molecule has 90 valence electrons. The fraction of sp³-hybridized carbons (Fsp3) is 0.538. The van der Waals surface area contributed by atoms with Crippen molar-refractivity contribution < 1.29 is 10.2 Å². The molecule has 3 heteroatoms. The molecule has 0 heterocycles. The summed E-state index contributed by atoms with van der Waals surface area (Å²) in [5.74, 6) is 0.451. The first kappa shape index (κ1) is 13.5. The van der Waals surface area contributed by atoms with E-state index in [1.165, 1.54) is 0 Å². The monoisotopic (exact) mass is 286 g/mol. The van der Waals surface area contributed by atoms with Crippen molar-refractivity contribution in [1.82, 2.24) is 0 Å². The number of aromatic hydroxyl groups is 1. The average Bonchev–Trinajstić information content (AvgIpc) is 3.08. The molecule has 0 bridgehead atoms. The lowest BCUT2D eigenvalue weighted by Gasteiger charge is -2.24. The van der Waals surface area contributed by atoms with Crippen LogP contribution < -0.4 is 0 Å². The Balaban J connectivity index is 0.000000606. The number of para-hydroxylation sites is 1. The maximum Gasteiger partial charge on any atom is 0.135 e. The van der Waals surface area contributed by atoms with Gasteiger partial charge in [0, 0.05) is 5.56 Å². The van der Waals surface area contributed by atoms with Crippen molar-refractivity contribution in [3.8, 4) is 5.75 Å². The number of aliphatic hydroxyl groups is 1. The Bertz CT molecular complexity index is 357. The second-order valence-corrected chi connectivity index (χ2v) is 4.91. The molecule has 1 unspecified atom stereocenters. The van der Waals surface area contributed by atoms with Crippen LogP contribution in [0.3, 0.4) is 0 Å². The van der Waals surface area contributed by atoms with E-state index in [0.29, 0.717) is 16.0 Å². The zero-order chi connectivity index (χ0) is 12.3. The number of rotatable bonds is 2. The Morgan fingerprint density at radius 1 is 1.31 bits per heavy atom. The highest BCUT2D eigenvalue weighted by Gasteiger charge is 2.42. The molecule has 1 aromatic rings. The van der Waals surface area contributed by atoms with E-state index in [-0.39, 0.29) is 5.75 Å². The summed E-state index contributed by atoms with van der Waals surface area (Å²) in [5.41, 5.74) is -0.275.